The molecule has 1 aliphatic carbocycles. The number of hydrogen-bond donors (Lipinski definition) is 0. The third-order valence-corrected chi connectivity index (χ3v) is 6.17. The maximum atomic E-state index is 6.29. The SMILES string of the molecule is Cc1c(C)n(CC2CCC2)c2c(OCc3ccc(C(C)C)cc3)ccnc12. The van der Waals surface area contributed by atoms with Crippen LogP contribution in [0.1, 0.15) is 61.4 Å². The van der Waals surface area contributed by atoms with Gasteiger partial charge < -0.3 is 9.30 Å². The summed E-state index contributed by atoms with van der Waals surface area (Å²) < 4.78 is 8.73. The van der Waals surface area contributed by atoms with Crippen LogP contribution in [0.15, 0.2) is 36.5 Å². The van der Waals surface area contributed by atoms with Crippen LogP contribution in [0.2, 0.25) is 0 Å². The Morgan fingerprint density at radius 3 is 2.48 bits per heavy atom. The molecule has 27 heavy (non-hydrogen) atoms. The Morgan fingerprint density at radius 2 is 1.85 bits per heavy atom. The highest BCUT2D eigenvalue weighted by molar-refractivity contribution is 5.86. The lowest BCUT2D eigenvalue weighted by molar-refractivity contribution is 0.275. The fourth-order valence-corrected chi connectivity index (χ4v) is 3.95. The Hall–Kier alpha value is -2.29. The lowest BCUT2D eigenvalue weighted by atomic mass is 9.85. The Morgan fingerprint density at radius 1 is 1.11 bits per heavy atom. The predicted octanol–water partition coefficient (Wildman–Crippen LogP) is 6.16. The number of ether oxygens (including phenoxy) is 1. The molecule has 3 nitrogen and oxygen atoms in total. The zero-order valence-corrected chi connectivity index (χ0v) is 17.0. The Labute approximate surface area is 162 Å². The predicted molar refractivity (Wildman–Crippen MR) is 111 cm³/mol. The van der Waals surface area contributed by atoms with Crippen LogP contribution in [0.4, 0.5) is 0 Å². The molecule has 2 heterocycles. The zero-order chi connectivity index (χ0) is 19.0. The average Bonchev–Trinajstić information content (AvgIpc) is 2.88. The summed E-state index contributed by atoms with van der Waals surface area (Å²) in [6.45, 7) is 10.5. The molecule has 0 atom stereocenters. The van der Waals surface area contributed by atoms with Gasteiger partial charge in [-0.25, -0.2) is 0 Å². The van der Waals surface area contributed by atoms with Crippen molar-refractivity contribution in [3.8, 4) is 5.75 Å². The second-order valence-corrected chi connectivity index (χ2v) is 8.31. The van der Waals surface area contributed by atoms with Crippen molar-refractivity contribution >= 4 is 11.0 Å². The van der Waals surface area contributed by atoms with Gasteiger partial charge in [-0.2, -0.15) is 0 Å². The Bertz CT molecular complexity index is 933. The van der Waals surface area contributed by atoms with Crippen molar-refractivity contribution in [2.75, 3.05) is 0 Å². The molecule has 0 bridgehead atoms. The second kappa shape index (κ2) is 7.38. The lowest BCUT2D eigenvalue weighted by Gasteiger charge is -2.27. The van der Waals surface area contributed by atoms with Crippen molar-refractivity contribution < 1.29 is 4.74 Å². The van der Waals surface area contributed by atoms with Crippen LogP contribution in [0, 0.1) is 19.8 Å². The second-order valence-electron chi connectivity index (χ2n) is 8.31. The van der Waals surface area contributed by atoms with E-state index in [1.54, 1.807) is 0 Å². The molecule has 0 N–H and O–H groups in total. The first-order chi connectivity index (χ1) is 13.0. The molecule has 0 spiro atoms. The normalized spacial score (nSPS) is 14.7. The molecule has 0 aliphatic heterocycles. The molecule has 3 heteroatoms. The molecular weight excluding hydrogens is 332 g/mol. The number of aromatic nitrogens is 2. The molecule has 1 aromatic carbocycles. The topological polar surface area (TPSA) is 27.1 Å². The van der Waals surface area contributed by atoms with Crippen LogP contribution < -0.4 is 4.74 Å². The summed E-state index contributed by atoms with van der Waals surface area (Å²) in [7, 11) is 0. The summed E-state index contributed by atoms with van der Waals surface area (Å²) in [5.41, 5.74) is 7.41. The molecular formula is C24H30N2O. The van der Waals surface area contributed by atoms with Gasteiger partial charge in [0.25, 0.3) is 0 Å². The van der Waals surface area contributed by atoms with Gasteiger partial charge in [0.15, 0.2) is 0 Å². The molecule has 1 aliphatic rings. The molecule has 2 aromatic heterocycles. The first kappa shape index (κ1) is 18.1. The highest BCUT2D eigenvalue weighted by Gasteiger charge is 2.22. The molecule has 1 saturated carbocycles. The minimum Gasteiger partial charge on any atom is -0.487 e. The lowest BCUT2D eigenvalue weighted by Crippen LogP contribution is -2.18. The molecule has 1 fully saturated rings. The Kier molecular flexibility index (Phi) is 4.94. The molecule has 4 rings (SSSR count). The Balaban J connectivity index is 1.62. The standard InChI is InChI=1S/C24H30N2O/c1-16(2)21-10-8-20(9-11-21)15-27-22-12-13-25-23-17(3)18(4)26(24(22)23)14-19-6-5-7-19/h8-13,16,19H,5-7,14-15H2,1-4H3. The number of aryl methyl sites for hydroxylation is 1. The maximum Gasteiger partial charge on any atom is 0.147 e. The fraction of sp³-hybridized carbons (Fsp3) is 0.458. The van der Waals surface area contributed by atoms with Gasteiger partial charge in [-0.05, 0) is 55.2 Å². The van der Waals surface area contributed by atoms with Crippen molar-refractivity contribution in [3.63, 3.8) is 0 Å². The number of rotatable bonds is 6. The van der Waals surface area contributed by atoms with Crippen LogP contribution in [-0.4, -0.2) is 9.55 Å². The number of pyridine rings is 1. The minimum absolute atomic E-state index is 0.556. The first-order valence-corrected chi connectivity index (χ1v) is 10.2. The van der Waals surface area contributed by atoms with E-state index in [1.165, 1.54) is 47.2 Å². The van der Waals surface area contributed by atoms with Crippen LogP contribution in [0.25, 0.3) is 11.0 Å². The van der Waals surface area contributed by atoms with E-state index in [0.29, 0.717) is 12.5 Å². The average molecular weight is 363 g/mol. The van der Waals surface area contributed by atoms with Crippen LogP contribution >= 0.6 is 0 Å². The summed E-state index contributed by atoms with van der Waals surface area (Å²) in [6.07, 6.45) is 5.93. The van der Waals surface area contributed by atoms with Gasteiger partial charge in [0.05, 0.1) is 5.52 Å². The van der Waals surface area contributed by atoms with Crippen molar-refractivity contribution in [3.05, 3.63) is 58.9 Å². The molecule has 3 aromatic rings. The van der Waals surface area contributed by atoms with Crippen LogP contribution in [0.3, 0.4) is 0 Å². The van der Waals surface area contributed by atoms with Gasteiger partial charge in [0, 0.05) is 24.5 Å². The van der Waals surface area contributed by atoms with Crippen molar-refractivity contribution in [2.24, 2.45) is 5.92 Å². The summed E-state index contributed by atoms with van der Waals surface area (Å²) in [5.74, 6) is 2.30. The van der Waals surface area contributed by atoms with Gasteiger partial charge >= 0.3 is 0 Å². The molecule has 0 saturated heterocycles. The number of fused-ring (bicyclic) bond motifs is 1. The number of benzene rings is 1. The van der Waals surface area contributed by atoms with Gasteiger partial charge in [0.1, 0.15) is 17.9 Å². The van der Waals surface area contributed by atoms with Crippen LogP contribution in [0.5, 0.6) is 5.75 Å². The van der Waals surface area contributed by atoms with Crippen LogP contribution in [-0.2, 0) is 13.2 Å². The third-order valence-electron chi connectivity index (χ3n) is 6.17. The van der Waals surface area contributed by atoms with E-state index in [1.807, 2.05) is 12.3 Å². The first-order valence-electron chi connectivity index (χ1n) is 10.2. The van der Waals surface area contributed by atoms with Crippen molar-refractivity contribution in [1.29, 1.82) is 0 Å². The van der Waals surface area contributed by atoms with Gasteiger partial charge in [-0.1, -0.05) is 44.5 Å². The summed E-state index contributed by atoms with van der Waals surface area (Å²) in [6, 6.07) is 10.8. The highest BCUT2D eigenvalue weighted by atomic mass is 16.5. The molecule has 0 radical (unpaired) electrons. The minimum atomic E-state index is 0.556. The fourth-order valence-electron chi connectivity index (χ4n) is 3.95. The quantitative estimate of drug-likeness (QED) is 0.525. The third kappa shape index (κ3) is 3.47. The molecule has 0 unspecified atom stereocenters. The highest BCUT2D eigenvalue weighted by Crippen LogP contribution is 2.35. The largest absolute Gasteiger partial charge is 0.487 e. The summed E-state index contributed by atoms with van der Waals surface area (Å²) in [5, 5.41) is 0. The van der Waals surface area contributed by atoms with E-state index < -0.39 is 0 Å². The number of hydrogen-bond acceptors (Lipinski definition) is 2. The summed E-state index contributed by atoms with van der Waals surface area (Å²) in [4.78, 5) is 4.66. The van der Waals surface area contributed by atoms with Crippen molar-refractivity contribution in [2.45, 2.75) is 66.0 Å². The van der Waals surface area contributed by atoms with Crippen molar-refractivity contribution in [1.82, 2.24) is 9.55 Å². The van der Waals surface area contributed by atoms with Gasteiger partial charge in [0.2, 0.25) is 0 Å². The van der Waals surface area contributed by atoms with E-state index in [4.69, 9.17) is 4.74 Å². The van der Waals surface area contributed by atoms with Gasteiger partial charge in [-0.3, -0.25) is 4.98 Å². The van der Waals surface area contributed by atoms with E-state index >= 15 is 0 Å². The van der Waals surface area contributed by atoms with E-state index in [2.05, 4.69) is 61.5 Å². The smallest absolute Gasteiger partial charge is 0.147 e. The molecule has 0 amide bonds. The monoisotopic (exact) mass is 362 g/mol. The number of nitrogens with zero attached hydrogens (tertiary/aromatic N) is 2. The van der Waals surface area contributed by atoms with Gasteiger partial charge in [-0.15, -0.1) is 0 Å². The maximum absolute atomic E-state index is 6.29. The van der Waals surface area contributed by atoms with E-state index in [9.17, 15) is 0 Å². The molecule has 142 valence electrons. The van der Waals surface area contributed by atoms with E-state index in [-0.39, 0.29) is 0 Å². The summed E-state index contributed by atoms with van der Waals surface area (Å²) >= 11 is 0. The van der Waals surface area contributed by atoms with E-state index in [0.717, 1.165) is 23.7 Å². The zero-order valence-electron chi connectivity index (χ0n) is 17.0.